The summed E-state index contributed by atoms with van der Waals surface area (Å²) < 4.78 is 14.6. The summed E-state index contributed by atoms with van der Waals surface area (Å²) in [7, 11) is 0. The largest absolute Gasteiger partial charge is 0.377 e. The first-order valence-corrected chi connectivity index (χ1v) is 16.3. The Morgan fingerprint density at radius 1 is 1.20 bits per heavy atom. The van der Waals surface area contributed by atoms with E-state index in [2.05, 4.69) is 54.1 Å². The van der Waals surface area contributed by atoms with Gasteiger partial charge in [0.15, 0.2) is 5.82 Å². The van der Waals surface area contributed by atoms with Gasteiger partial charge in [-0.1, -0.05) is 54.9 Å². The van der Waals surface area contributed by atoms with Crippen molar-refractivity contribution in [2.45, 2.75) is 90.3 Å². The second-order valence-corrected chi connectivity index (χ2v) is 12.4. The average Bonchev–Trinajstić information content (AvgIpc) is 3.36. The van der Waals surface area contributed by atoms with Crippen LogP contribution in [-0.2, 0) is 27.5 Å². The molecule has 0 radical (unpaired) electrons. The maximum absolute atomic E-state index is 12.5. The number of nitrogens with one attached hydrogen (secondary N) is 1. The van der Waals surface area contributed by atoms with Crippen LogP contribution in [0.2, 0.25) is 0 Å². The van der Waals surface area contributed by atoms with Crippen molar-refractivity contribution >= 4 is 36.4 Å². The van der Waals surface area contributed by atoms with Gasteiger partial charge >= 0.3 is 0 Å². The van der Waals surface area contributed by atoms with E-state index < -0.39 is 5.54 Å². The molecule has 9 nitrogen and oxygen atoms in total. The van der Waals surface area contributed by atoms with Gasteiger partial charge in [0.05, 0.1) is 18.7 Å². The molecule has 2 amide bonds. The first-order valence-electron chi connectivity index (χ1n) is 15.5. The Morgan fingerprint density at radius 3 is 2.73 bits per heavy atom. The van der Waals surface area contributed by atoms with Crippen molar-refractivity contribution in [2.24, 2.45) is 4.99 Å². The van der Waals surface area contributed by atoms with Gasteiger partial charge in [-0.05, 0) is 87.2 Å². The maximum atomic E-state index is 12.5. The number of piperidine rings is 1. The topological polar surface area (TPSA) is 100 Å². The van der Waals surface area contributed by atoms with E-state index in [9.17, 15) is 9.59 Å². The van der Waals surface area contributed by atoms with Crippen molar-refractivity contribution in [2.75, 3.05) is 24.4 Å². The lowest BCUT2D eigenvalue weighted by Crippen LogP contribution is -2.46. The number of aryl methyl sites for hydroxylation is 1. The number of amides is 2. The smallest absolute Gasteiger partial charge is 0.215 e. The lowest BCUT2D eigenvalue weighted by molar-refractivity contribution is -0.120. The number of carbonyl (C=O) groups is 2. The molecular formula is C34H45N5O4S. The molecule has 3 aromatic rings. The van der Waals surface area contributed by atoms with E-state index in [0.29, 0.717) is 38.5 Å². The Morgan fingerprint density at radius 2 is 2.02 bits per heavy atom. The van der Waals surface area contributed by atoms with Crippen LogP contribution in [0.25, 0.3) is 11.1 Å². The van der Waals surface area contributed by atoms with Crippen LogP contribution in [0.5, 0.6) is 0 Å². The van der Waals surface area contributed by atoms with E-state index in [4.69, 9.17) is 14.3 Å². The van der Waals surface area contributed by atoms with Gasteiger partial charge in [-0.2, -0.15) is 0 Å². The fourth-order valence-electron chi connectivity index (χ4n) is 5.47. The summed E-state index contributed by atoms with van der Waals surface area (Å²) in [6, 6.07) is 14.6. The summed E-state index contributed by atoms with van der Waals surface area (Å²) in [5.41, 5.74) is 4.76. The average molecular weight is 620 g/mol. The number of unbranched alkanes of at least 4 members (excludes halogenated alkanes) is 1. The second kappa shape index (κ2) is 15.9. The van der Waals surface area contributed by atoms with E-state index in [1.165, 1.54) is 11.9 Å². The first-order chi connectivity index (χ1) is 21.3. The van der Waals surface area contributed by atoms with E-state index in [1.54, 1.807) is 9.80 Å². The number of aromatic nitrogens is 1. The second-order valence-electron chi connectivity index (χ2n) is 11.6. The van der Waals surface area contributed by atoms with Gasteiger partial charge in [0.1, 0.15) is 11.6 Å². The van der Waals surface area contributed by atoms with Gasteiger partial charge in [-0.3, -0.25) is 19.5 Å². The summed E-state index contributed by atoms with van der Waals surface area (Å²) in [6.45, 7) is 12.9. The normalized spacial score (nSPS) is 17.0. The number of hydrogen-bond donors (Lipinski definition) is 1. The third-order valence-electron chi connectivity index (χ3n) is 8.04. The van der Waals surface area contributed by atoms with E-state index in [-0.39, 0.29) is 0 Å². The van der Waals surface area contributed by atoms with E-state index in [0.717, 1.165) is 89.4 Å². The third kappa shape index (κ3) is 8.51. The molecule has 1 fully saturated rings. The monoisotopic (exact) mass is 619 g/mol. The quantitative estimate of drug-likeness (QED) is 0.0833. The number of aliphatic imine (C=N–C) groups is 1. The number of benzene rings is 2. The van der Waals surface area contributed by atoms with Gasteiger partial charge < -0.3 is 18.9 Å². The van der Waals surface area contributed by atoms with Gasteiger partial charge in [0.2, 0.25) is 12.8 Å². The van der Waals surface area contributed by atoms with Crippen molar-refractivity contribution in [3.63, 3.8) is 0 Å². The molecule has 10 heteroatoms. The number of hydrogen-bond acceptors (Lipinski definition) is 8. The Hall–Kier alpha value is -3.63. The van der Waals surface area contributed by atoms with Gasteiger partial charge in [-0.25, -0.2) is 0 Å². The number of ether oxygens (including phenoxy) is 1. The SMILES string of the molecule is CCCC/C(=N/C1(C)CCCN(C=O)C1)N(C=O)Cc1ccc(-c2ccccc2SNc2noc(C)c2C)c(COCC)c1. The Bertz CT molecular complexity index is 1440. The Balaban J connectivity index is 1.62. The number of nitrogens with zero attached hydrogens (tertiary/aromatic N) is 4. The van der Waals surface area contributed by atoms with Crippen LogP contribution >= 0.6 is 11.9 Å². The highest BCUT2D eigenvalue weighted by Crippen LogP contribution is 2.35. The van der Waals surface area contributed by atoms with Crippen molar-refractivity contribution in [1.29, 1.82) is 0 Å². The molecule has 2 heterocycles. The maximum Gasteiger partial charge on any atom is 0.215 e. The van der Waals surface area contributed by atoms with Crippen LogP contribution in [0, 0.1) is 13.8 Å². The summed E-state index contributed by atoms with van der Waals surface area (Å²) >= 11 is 1.49. The summed E-state index contributed by atoms with van der Waals surface area (Å²) in [6.07, 6.45) is 6.21. The zero-order valence-corrected chi connectivity index (χ0v) is 27.4. The van der Waals surface area contributed by atoms with Crippen LogP contribution in [0.1, 0.15) is 75.3 Å². The molecule has 0 saturated carbocycles. The van der Waals surface area contributed by atoms with Gasteiger partial charge in [0.25, 0.3) is 0 Å². The first kappa shape index (κ1) is 33.3. The van der Waals surface area contributed by atoms with E-state index >= 15 is 0 Å². The summed E-state index contributed by atoms with van der Waals surface area (Å²) in [5.74, 6) is 2.28. The highest BCUT2D eigenvalue weighted by Gasteiger charge is 2.31. The molecule has 4 rings (SSSR count). The van der Waals surface area contributed by atoms with Gasteiger partial charge in [0, 0.05) is 36.6 Å². The molecule has 0 aliphatic carbocycles. The number of carbonyl (C=O) groups excluding carboxylic acids is 2. The molecule has 1 aromatic heterocycles. The van der Waals surface area contributed by atoms with Crippen molar-refractivity contribution < 1.29 is 18.8 Å². The van der Waals surface area contributed by atoms with E-state index in [1.807, 2.05) is 32.9 Å². The molecule has 1 aliphatic rings. The predicted octanol–water partition coefficient (Wildman–Crippen LogP) is 7.17. The Labute approximate surface area is 265 Å². The number of amidine groups is 1. The Kier molecular flexibility index (Phi) is 12.0. The fraction of sp³-hybridized carbons (Fsp3) is 0.471. The minimum Gasteiger partial charge on any atom is -0.377 e. The zero-order chi connectivity index (χ0) is 31.5. The van der Waals surface area contributed by atoms with Gasteiger partial charge in [-0.15, -0.1) is 0 Å². The van der Waals surface area contributed by atoms with Crippen molar-refractivity contribution in [1.82, 2.24) is 15.0 Å². The van der Waals surface area contributed by atoms with Crippen LogP contribution in [0.15, 0.2) is 56.9 Å². The highest BCUT2D eigenvalue weighted by atomic mass is 32.2. The molecule has 0 spiro atoms. The molecule has 236 valence electrons. The summed E-state index contributed by atoms with van der Waals surface area (Å²) in [4.78, 5) is 33.7. The number of likely N-dealkylation sites (tertiary alicyclic amines) is 1. The zero-order valence-electron chi connectivity index (χ0n) is 26.6. The predicted molar refractivity (Wildman–Crippen MR) is 177 cm³/mol. The van der Waals surface area contributed by atoms with Crippen molar-refractivity contribution in [3.8, 4) is 11.1 Å². The molecule has 0 bridgehead atoms. The molecule has 1 saturated heterocycles. The van der Waals surface area contributed by atoms with Crippen LogP contribution < -0.4 is 4.72 Å². The van der Waals surface area contributed by atoms with Crippen LogP contribution in [-0.4, -0.2) is 58.8 Å². The molecule has 44 heavy (non-hydrogen) atoms. The third-order valence-corrected chi connectivity index (χ3v) is 8.91. The highest BCUT2D eigenvalue weighted by molar-refractivity contribution is 8.00. The summed E-state index contributed by atoms with van der Waals surface area (Å²) in [5, 5.41) is 4.13. The lowest BCUT2D eigenvalue weighted by Gasteiger charge is -2.37. The molecule has 1 unspecified atom stereocenters. The number of rotatable bonds is 15. The van der Waals surface area contributed by atoms with Crippen LogP contribution in [0.4, 0.5) is 5.82 Å². The van der Waals surface area contributed by atoms with Crippen LogP contribution in [0.3, 0.4) is 0 Å². The van der Waals surface area contributed by atoms with Crippen molar-refractivity contribution in [3.05, 3.63) is 64.9 Å². The molecule has 1 aliphatic heterocycles. The molecular weight excluding hydrogens is 574 g/mol. The fourth-order valence-corrected chi connectivity index (χ4v) is 6.30. The minimum atomic E-state index is -0.411. The lowest BCUT2D eigenvalue weighted by atomic mass is 9.92. The standard InChI is InChI=1S/C34H45N5O4S/c1-6-8-14-32(35-34(5)17-11-18-38(22-34)23-40)39(24-41)20-27-15-16-29(28(19-27)21-42-7-2)30-12-9-10-13-31(30)44-37-33-25(3)26(4)43-36-33/h9-10,12-13,15-16,19,23-24H,6-8,11,14,17-18,20-22H2,1-5H3,(H,36,37)/b35-32-. The molecule has 1 N–H and O–H groups in total. The minimum absolute atomic E-state index is 0.404. The number of anilines is 1. The molecule has 1 atom stereocenters. The molecule has 2 aromatic carbocycles.